The van der Waals surface area contributed by atoms with Crippen molar-refractivity contribution in [1.29, 1.82) is 0 Å². The second-order valence-electron chi connectivity index (χ2n) is 4.08. The maximum atomic E-state index is 6.17. The predicted octanol–water partition coefficient (Wildman–Crippen LogP) is 5.57. The highest BCUT2D eigenvalue weighted by atomic mass is 35.5. The largest absolute Gasteiger partial charge is 0.381 e. The van der Waals surface area contributed by atoms with Crippen molar-refractivity contribution in [1.82, 2.24) is 0 Å². The highest BCUT2D eigenvalue weighted by molar-refractivity contribution is 6.42. The molecular weight excluding hydrogens is 289 g/mol. The van der Waals surface area contributed by atoms with Gasteiger partial charge in [0.25, 0.3) is 0 Å². The molecule has 0 aliphatic carbocycles. The molecule has 2 aromatic carbocycles. The maximum absolute atomic E-state index is 6.17. The Labute approximate surface area is 122 Å². The smallest absolute Gasteiger partial charge is 0.0612 e. The van der Waals surface area contributed by atoms with Crippen molar-refractivity contribution in [2.75, 3.05) is 5.32 Å². The van der Waals surface area contributed by atoms with Crippen LogP contribution in [0.25, 0.3) is 0 Å². The van der Waals surface area contributed by atoms with Crippen molar-refractivity contribution in [2.24, 2.45) is 0 Å². The summed E-state index contributed by atoms with van der Waals surface area (Å²) in [5, 5.41) is 5.12. The zero-order valence-corrected chi connectivity index (χ0v) is 12.1. The van der Waals surface area contributed by atoms with Crippen LogP contribution < -0.4 is 5.32 Å². The van der Waals surface area contributed by atoms with Gasteiger partial charge in [0.05, 0.1) is 10.0 Å². The van der Waals surface area contributed by atoms with Crippen LogP contribution in [0.3, 0.4) is 0 Å². The van der Waals surface area contributed by atoms with Crippen molar-refractivity contribution in [3.05, 3.63) is 62.6 Å². The normalized spacial score (nSPS) is 10.4. The molecule has 1 N–H and O–H groups in total. The average Bonchev–Trinajstić information content (AvgIpc) is 2.32. The Balaban J connectivity index is 2.09. The fourth-order valence-corrected chi connectivity index (χ4v) is 2.20. The number of nitrogens with one attached hydrogen (secondary N) is 1. The molecule has 0 unspecified atom stereocenters. The van der Waals surface area contributed by atoms with E-state index in [9.17, 15) is 0 Å². The number of aryl methyl sites for hydroxylation is 1. The maximum Gasteiger partial charge on any atom is 0.0612 e. The van der Waals surface area contributed by atoms with E-state index in [1.54, 1.807) is 12.1 Å². The summed E-state index contributed by atoms with van der Waals surface area (Å²) in [7, 11) is 0. The standard InChI is InChI=1S/C14H12Cl3N/c1-9-2-3-10(13(16)6-9)8-18-11-4-5-12(15)14(17)7-11/h2-7,18H,8H2,1H3. The third kappa shape index (κ3) is 3.32. The Morgan fingerprint density at radius 2 is 1.67 bits per heavy atom. The summed E-state index contributed by atoms with van der Waals surface area (Å²) in [6.45, 7) is 2.67. The Hall–Kier alpha value is -0.890. The minimum atomic E-state index is 0.539. The molecule has 2 aromatic rings. The zero-order valence-electron chi connectivity index (χ0n) is 9.81. The first-order valence-corrected chi connectivity index (χ1v) is 6.63. The van der Waals surface area contributed by atoms with E-state index in [4.69, 9.17) is 34.8 Å². The van der Waals surface area contributed by atoms with Gasteiger partial charge in [-0.3, -0.25) is 0 Å². The highest BCUT2D eigenvalue weighted by Crippen LogP contribution is 2.26. The molecule has 0 saturated carbocycles. The topological polar surface area (TPSA) is 12.0 Å². The fraction of sp³-hybridized carbons (Fsp3) is 0.143. The third-order valence-corrected chi connectivity index (χ3v) is 3.70. The summed E-state index contributed by atoms with van der Waals surface area (Å²) < 4.78 is 0. The van der Waals surface area contributed by atoms with Crippen molar-refractivity contribution in [3.63, 3.8) is 0 Å². The van der Waals surface area contributed by atoms with E-state index in [2.05, 4.69) is 5.32 Å². The summed E-state index contributed by atoms with van der Waals surface area (Å²) in [4.78, 5) is 0. The first-order valence-electron chi connectivity index (χ1n) is 5.50. The minimum Gasteiger partial charge on any atom is -0.381 e. The summed E-state index contributed by atoms with van der Waals surface area (Å²) in [5.41, 5.74) is 3.12. The van der Waals surface area contributed by atoms with Crippen molar-refractivity contribution < 1.29 is 0 Å². The lowest BCUT2D eigenvalue weighted by atomic mass is 10.1. The van der Waals surface area contributed by atoms with Crippen LogP contribution >= 0.6 is 34.8 Å². The van der Waals surface area contributed by atoms with Gasteiger partial charge in [0.2, 0.25) is 0 Å². The van der Waals surface area contributed by atoms with Crippen LogP contribution in [-0.4, -0.2) is 0 Å². The van der Waals surface area contributed by atoms with Crippen LogP contribution in [0.2, 0.25) is 15.1 Å². The van der Waals surface area contributed by atoms with Crippen LogP contribution in [-0.2, 0) is 6.54 Å². The molecule has 0 atom stereocenters. The fourth-order valence-electron chi connectivity index (χ4n) is 1.60. The van der Waals surface area contributed by atoms with Crippen molar-refractivity contribution in [2.45, 2.75) is 13.5 Å². The van der Waals surface area contributed by atoms with Crippen LogP contribution in [0.5, 0.6) is 0 Å². The molecule has 0 heterocycles. The van der Waals surface area contributed by atoms with Crippen LogP contribution in [0, 0.1) is 6.92 Å². The van der Waals surface area contributed by atoms with E-state index in [1.807, 2.05) is 31.2 Å². The molecule has 0 bridgehead atoms. The van der Waals surface area contributed by atoms with Gasteiger partial charge in [-0.1, -0.05) is 46.9 Å². The number of hydrogen-bond acceptors (Lipinski definition) is 1. The monoisotopic (exact) mass is 299 g/mol. The van der Waals surface area contributed by atoms with Crippen LogP contribution in [0.15, 0.2) is 36.4 Å². The molecule has 0 radical (unpaired) electrons. The number of hydrogen-bond donors (Lipinski definition) is 1. The lowest BCUT2D eigenvalue weighted by Crippen LogP contribution is -2.00. The molecule has 0 spiro atoms. The summed E-state index contributed by atoms with van der Waals surface area (Å²) in [6, 6.07) is 11.5. The number of anilines is 1. The summed E-state index contributed by atoms with van der Waals surface area (Å²) in [6.07, 6.45) is 0. The number of rotatable bonds is 3. The molecule has 0 aliphatic heterocycles. The van der Waals surface area contributed by atoms with E-state index >= 15 is 0 Å². The van der Waals surface area contributed by atoms with Crippen molar-refractivity contribution >= 4 is 40.5 Å². The van der Waals surface area contributed by atoms with Gasteiger partial charge in [-0.2, -0.15) is 0 Å². The Morgan fingerprint density at radius 1 is 0.889 bits per heavy atom. The van der Waals surface area contributed by atoms with Gasteiger partial charge < -0.3 is 5.32 Å². The number of halogens is 3. The molecule has 2 rings (SSSR count). The molecule has 1 nitrogen and oxygen atoms in total. The first kappa shape index (κ1) is 13.5. The Bertz CT molecular complexity index is 567. The average molecular weight is 301 g/mol. The lowest BCUT2D eigenvalue weighted by Gasteiger charge is -2.09. The quantitative estimate of drug-likeness (QED) is 0.781. The zero-order chi connectivity index (χ0) is 13.1. The Morgan fingerprint density at radius 3 is 2.33 bits per heavy atom. The molecule has 18 heavy (non-hydrogen) atoms. The molecular formula is C14H12Cl3N. The number of benzene rings is 2. The molecule has 4 heteroatoms. The van der Waals surface area contributed by atoms with Gasteiger partial charge in [-0.05, 0) is 42.3 Å². The third-order valence-electron chi connectivity index (χ3n) is 2.61. The molecule has 0 saturated heterocycles. The highest BCUT2D eigenvalue weighted by Gasteiger charge is 2.02. The summed E-state index contributed by atoms with van der Waals surface area (Å²) >= 11 is 18.0. The van der Waals surface area contributed by atoms with E-state index < -0.39 is 0 Å². The van der Waals surface area contributed by atoms with Crippen molar-refractivity contribution in [3.8, 4) is 0 Å². The molecule has 0 fully saturated rings. The van der Waals surface area contributed by atoms with Gasteiger partial charge >= 0.3 is 0 Å². The van der Waals surface area contributed by atoms with Gasteiger partial charge in [-0.25, -0.2) is 0 Å². The second-order valence-corrected chi connectivity index (χ2v) is 5.30. The second kappa shape index (κ2) is 5.83. The van der Waals surface area contributed by atoms with Gasteiger partial charge in [0, 0.05) is 17.3 Å². The van der Waals surface area contributed by atoms with Gasteiger partial charge in [-0.15, -0.1) is 0 Å². The first-order chi connectivity index (χ1) is 8.56. The van der Waals surface area contributed by atoms with E-state index in [0.29, 0.717) is 16.6 Å². The molecule has 0 amide bonds. The molecule has 0 aromatic heterocycles. The molecule has 0 aliphatic rings. The van der Waals surface area contributed by atoms with E-state index in [1.165, 1.54) is 0 Å². The lowest BCUT2D eigenvalue weighted by molar-refractivity contribution is 1.14. The van der Waals surface area contributed by atoms with Gasteiger partial charge in [0.1, 0.15) is 0 Å². The van der Waals surface area contributed by atoms with Crippen LogP contribution in [0.4, 0.5) is 5.69 Å². The summed E-state index contributed by atoms with van der Waals surface area (Å²) in [5.74, 6) is 0. The molecule has 94 valence electrons. The Kier molecular flexibility index (Phi) is 4.39. The predicted molar refractivity (Wildman–Crippen MR) is 80.0 cm³/mol. The van der Waals surface area contributed by atoms with E-state index in [0.717, 1.165) is 21.8 Å². The van der Waals surface area contributed by atoms with Gasteiger partial charge in [0.15, 0.2) is 0 Å². The SMILES string of the molecule is Cc1ccc(CNc2ccc(Cl)c(Cl)c2)c(Cl)c1. The van der Waals surface area contributed by atoms with E-state index in [-0.39, 0.29) is 0 Å². The minimum absolute atomic E-state index is 0.539. The van der Waals surface area contributed by atoms with Crippen LogP contribution in [0.1, 0.15) is 11.1 Å².